The Kier molecular flexibility index (Phi) is 5.77. The minimum atomic E-state index is -0.752. The van der Waals surface area contributed by atoms with Crippen molar-refractivity contribution in [3.63, 3.8) is 0 Å². The van der Waals surface area contributed by atoms with E-state index in [1.807, 2.05) is 6.26 Å². The molecule has 3 rings (SSSR count). The average molecular weight is 395 g/mol. The highest BCUT2D eigenvalue weighted by Gasteiger charge is 2.28. The molecule has 9 heteroatoms. The van der Waals surface area contributed by atoms with E-state index in [2.05, 4.69) is 9.97 Å². The molecular formula is C17H15F2N3O2S2. The Labute approximate surface area is 157 Å². The number of aromatic nitrogens is 2. The first-order chi connectivity index (χ1) is 12.5. The van der Waals surface area contributed by atoms with Crippen molar-refractivity contribution in [2.24, 2.45) is 0 Å². The van der Waals surface area contributed by atoms with Gasteiger partial charge < -0.3 is 9.64 Å². The summed E-state index contributed by atoms with van der Waals surface area (Å²) in [4.78, 5) is 22.6. The van der Waals surface area contributed by atoms with Gasteiger partial charge in [-0.25, -0.2) is 13.8 Å². The fourth-order valence-corrected chi connectivity index (χ4v) is 3.77. The van der Waals surface area contributed by atoms with Gasteiger partial charge in [-0.05, 0) is 30.5 Å². The molecule has 1 fully saturated rings. The molecule has 0 atom stereocenters. The third-order valence-corrected chi connectivity index (χ3v) is 5.23. The number of carbonyl (C=O) groups is 1. The summed E-state index contributed by atoms with van der Waals surface area (Å²) in [7, 11) is 1.50. The topological polar surface area (TPSA) is 55.3 Å². The SMILES string of the molecule is COc1nc(SC)ncc1/C=C1/SCCN1C(=O)c1cc(F)ccc1F. The van der Waals surface area contributed by atoms with Crippen LogP contribution in [0.25, 0.3) is 6.08 Å². The van der Waals surface area contributed by atoms with Crippen molar-refractivity contribution in [1.29, 1.82) is 0 Å². The maximum atomic E-state index is 13.9. The maximum Gasteiger partial charge on any atom is 0.261 e. The number of nitrogens with zero attached hydrogens (tertiary/aromatic N) is 3. The second kappa shape index (κ2) is 8.05. The van der Waals surface area contributed by atoms with Gasteiger partial charge >= 0.3 is 0 Å². The molecule has 1 amide bonds. The molecule has 1 aromatic carbocycles. The first-order valence-corrected chi connectivity index (χ1v) is 9.81. The van der Waals surface area contributed by atoms with Crippen molar-refractivity contribution in [1.82, 2.24) is 14.9 Å². The van der Waals surface area contributed by atoms with Gasteiger partial charge in [0.15, 0.2) is 5.16 Å². The van der Waals surface area contributed by atoms with Crippen molar-refractivity contribution in [3.05, 3.63) is 52.2 Å². The first-order valence-electron chi connectivity index (χ1n) is 7.60. The molecule has 0 radical (unpaired) electrons. The van der Waals surface area contributed by atoms with Gasteiger partial charge in [-0.2, -0.15) is 4.98 Å². The number of thioether (sulfide) groups is 2. The smallest absolute Gasteiger partial charge is 0.261 e. The molecule has 1 aliphatic rings. The summed E-state index contributed by atoms with van der Waals surface area (Å²) in [5.41, 5.74) is 0.312. The third-order valence-electron chi connectivity index (χ3n) is 3.65. The number of hydrogen-bond acceptors (Lipinski definition) is 6. The molecule has 0 aliphatic carbocycles. The molecule has 1 aliphatic heterocycles. The number of halogens is 2. The molecule has 2 heterocycles. The van der Waals surface area contributed by atoms with Gasteiger partial charge in [0.1, 0.15) is 11.6 Å². The highest BCUT2D eigenvalue weighted by molar-refractivity contribution is 8.03. The Balaban J connectivity index is 1.94. The number of hydrogen-bond donors (Lipinski definition) is 0. The van der Waals surface area contributed by atoms with Crippen molar-refractivity contribution < 1.29 is 18.3 Å². The number of rotatable bonds is 4. The van der Waals surface area contributed by atoms with Crippen LogP contribution in [0.2, 0.25) is 0 Å². The molecule has 0 spiro atoms. The van der Waals surface area contributed by atoms with Crippen molar-refractivity contribution in [2.75, 3.05) is 25.7 Å². The summed E-state index contributed by atoms with van der Waals surface area (Å²) in [6.45, 7) is 0.400. The van der Waals surface area contributed by atoms with E-state index >= 15 is 0 Å². The summed E-state index contributed by atoms with van der Waals surface area (Å²) >= 11 is 2.83. The summed E-state index contributed by atoms with van der Waals surface area (Å²) in [6.07, 6.45) is 5.18. The maximum absolute atomic E-state index is 13.9. The van der Waals surface area contributed by atoms with E-state index < -0.39 is 17.5 Å². The van der Waals surface area contributed by atoms with Gasteiger partial charge in [0.05, 0.1) is 23.3 Å². The lowest BCUT2D eigenvalue weighted by Gasteiger charge is -2.18. The van der Waals surface area contributed by atoms with Crippen LogP contribution in [0.1, 0.15) is 15.9 Å². The van der Waals surface area contributed by atoms with E-state index in [9.17, 15) is 13.6 Å². The molecule has 26 heavy (non-hydrogen) atoms. The molecule has 0 saturated carbocycles. The second-order valence-electron chi connectivity index (χ2n) is 5.23. The number of carbonyl (C=O) groups excluding carboxylic acids is 1. The third kappa shape index (κ3) is 3.83. The fourth-order valence-electron chi connectivity index (χ4n) is 2.41. The van der Waals surface area contributed by atoms with Crippen LogP contribution in [0.4, 0.5) is 8.78 Å². The van der Waals surface area contributed by atoms with Crippen LogP contribution in [0.15, 0.2) is 34.6 Å². The van der Waals surface area contributed by atoms with E-state index in [1.165, 1.54) is 35.5 Å². The Morgan fingerprint density at radius 3 is 2.96 bits per heavy atom. The van der Waals surface area contributed by atoms with Gasteiger partial charge in [-0.15, -0.1) is 11.8 Å². The zero-order chi connectivity index (χ0) is 18.7. The monoisotopic (exact) mass is 395 g/mol. The van der Waals surface area contributed by atoms with Crippen LogP contribution in [0.3, 0.4) is 0 Å². The highest BCUT2D eigenvalue weighted by Crippen LogP contribution is 2.33. The number of amides is 1. The molecule has 5 nitrogen and oxygen atoms in total. The zero-order valence-corrected chi connectivity index (χ0v) is 15.7. The molecule has 136 valence electrons. The highest BCUT2D eigenvalue weighted by atomic mass is 32.2. The van der Waals surface area contributed by atoms with Crippen molar-refractivity contribution >= 4 is 35.5 Å². The number of methoxy groups -OCH3 is 1. The van der Waals surface area contributed by atoms with Crippen LogP contribution in [-0.2, 0) is 0 Å². The predicted octanol–water partition coefficient (Wildman–Crippen LogP) is 3.67. The molecule has 1 aromatic heterocycles. The molecule has 2 aromatic rings. The summed E-state index contributed by atoms with van der Waals surface area (Å²) in [5, 5.41) is 1.18. The van der Waals surface area contributed by atoms with Crippen LogP contribution in [0.5, 0.6) is 5.88 Å². The minimum Gasteiger partial charge on any atom is -0.480 e. The standard InChI is InChI=1S/C17H15F2N3O2S2/c1-24-15-10(9-20-17(21-15)25-2)7-14-22(5-6-26-14)16(23)12-8-11(18)3-4-13(12)19/h3-4,7-9H,5-6H2,1-2H3/b14-7+. The summed E-state index contributed by atoms with van der Waals surface area (Å²) in [6, 6.07) is 2.85. The largest absolute Gasteiger partial charge is 0.480 e. The normalized spacial score (nSPS) is 15.5. The predicted molar refractivity (Wildman–Crippen MR) is 98.2 cm³/mol. The lowest BCUT2D eigenvalue weighted by molar-refractivity contribution is 0.0826. The van der Waals surface area contributed by atoms with E-state index in [0.717, 1.165) is 18.2 Å². The van der Waals surface area contributed by atoms with Gasteiger partial charge in [0.25, 0.3) is 5.91 Å². The molecule has 0 unspecified atom stereocenters. The van der Waals surface area contributed by atoms with E-state index in [4.69, 9.17) is 4.74 Å². The van der Waals surface area contributed by atoms with Crippen molar-refractivity contribution in [2.45, 2.75) is 5.16 Å². The van der Waals surface area contributed by atoms with Crippen LogP contribution in [0, 0.1) is 11.6 Å². The molecule has 1 saturated heterocycles. The average Bonchev–Trinajstić information content (AvgIpc) is 3.11. The van der Waals surface area contributed by atoms with Gasteiger partial charge in [-0.3, -0.25) is 4.79 Å². The lowest BCUT2D eigenvalue weighted by atomic mass is 10.2. The molecule has 0 bridgehead atoms. The van der Waals surface area contributed by atoms with Crippen LogP contribution >= 0.6 is 23.5 Å². The quantitative estimate of drug-likeness (QED) is 0.582. The summed E-state index contributed by atoms with van der Waals surface area (Å²) in [5.74, 6) is -0.957. The van der Waals surface area contributed by atoms with Gasteiger partial charge in [0, 0.05) is 18.5 Å². The van der Waals surface area contributed by atoms with Crippen LogP contribution in [-0.4, -0.2) is 46.4 Å². The molecule has 0 N–H and O–H groups in total. The first kappa shape index (κ1) is 18.7. The van der Waals surface area contributed by atoms with E-state index in [1.54, 1.807) is 12.3 Å². The van der Waals surface area contributed by atoms with Gasteiger partial charge in [0.2, 0.25) is 5.88 Å². The Bertz CT molecular complexity index is 877. The van der Waals surface area contributed by atoms with Gasteiger partial charge in [-0.1, -0.05) is 11.8 Å². The summed E-state index contributed by atoms with van der Waals surface area (Å²) < 4.78 is 32.6. The van der Waals surface area contributed by atoms with Crippen molar-refractivity contribution in [3.8, 4) is 5.88 Å². The fraction of sp³-hybridized carbons (Fsp3) is 0.235. The minimum absolute atomic E-state index is 0.292. The lowest BCUT2D eigenvalue weighted by Crippen LogP contribution is -2.27. The van der Waals surface area contributed by atoms with E-state index in [-0.39, 0.29) is 5.56 Å². The van der Waals surface area contributed by atoms with Crippen LogP contribution < -0.4 is 4.74 Å². The number of benzene rings is 1. The second-order valence-corrected chi connectivity index (χ2v) is 7.12. The Morgan fingerprint density at radius 1 is 1.42 bits per heavy atom. The van der Waals surface area contributed by atoms with E-state index in [0.29, 0.717) is 33.9 Å². The Hall–Kier alpha value is -2.13. The Morgan fingerprint density at radius 2 is 2.23 bits per heavy atom. The number of ether oxygens (including phenoxy) is 1. The molecular weight excluding hydrogens is 380 g/mol. The zero-order valence-electron chi connectivity index (χ0n) is 14.0.